The molecule has 3 rings (SSSR count). The van der Waals surface area contributed by atoms with Crippen LogP contribution in [0.5, 0.6) is 5.75 Å². The second-order valence-electron chi connectivity index (χ2n) is 8.25. The number of carbonyl (C=O) groups excluding carboxylic acids is 1. The molecule has 0 bridgehead atoms. The molecule has 2 aromatic carbocycles. The minimum absolute atomic E-state index is 0.0552. The standard InChI is InChI=1S/C22H27NO4S/c1-22(2,3)18-9-5-6-10-20(18)27-15-21(24)23-13-7-8-16-14-17(28(4,25)26)11-12-19(16)23/h5-6,9-12,14H,7-8,13,15H2,1-4H3. The van der Waals surface area contributed by atoms with E-state index in [1.165, 1.54) is 6.26 Å². The van der Waals surface area contributed by atoms with Crippen LogP contribution in [0.3, 0.4) is 0 Å². The average molecular weight is 402 g/mol. The van der Waals surface area contributed by atoms with E-state index in [4.69, 9.17) is 4.74 Å². The van der Waals surface area contributed by atoms with Gasteiger partial charge in [-0.3, -0.25) is 4.79 Å². The van der Waals surface area contributed by atoms with E-state index >= 15 is 0 Å². The fourth-order valence-corrected chi connectivity index (χ4v) is 4.16. The molecule has 0 atom stereocenters. The van der Waals surface area contributed by atoms with Crippen molar-refractivity contribution in [1.29, 1.82) is 0 Å². The first-order valence-corrected chi connectivity index (χ1v) is 11.3. The van der Waals surface area contributed by atoms with Gasteiger partial charge < -0.3 is 9.64 Å². The molecule has 0 aliphatic carbocycles. The van der Waals surface area contributed by atoms with E-state index in [9.17, 15) is 13.2 Å². The van der Waals surface area contributed by atoms with E-state index in [-0.39, 0.29) is 22.8 Å². The Morgan fingerprint density at radius 1 is 1.14 bits per heavy atom. The highest BCUT2D eigenvalue weighted by atomic mass is 32.2. The van der Waals surface area contributed by atoms with Crippen LogP contribution in [-0.2, 0) is 26.5 Å². The Bertz CT molecular complexity index is 990. The summed E-state index contributed by atoms with van der Waals surface area (Å²) >= 11 is 0. The van der Waals surface area contributed by atoms with Crippen LogP contribution in [0.2, 0.25) is 0 Å². The number of sulfone groups is 1. The minimum Gasteiger partial charge on any atom is -0.483 e. The van der Waals surface area contributed by atoms with Gasteiger partial charge in [-0.2, -0.15) is 0 Å². The first-order valence-electron chi connectivity index (χ1n) is 9.43. The molecule has 0 fully saturated rings. The van der Waals surface area contributed by atoms with Crippen LogP contribution in [-0.4, -0.2) is 33.7 Å². The number of aryl methyl sites for hydroxylation is 1. The third-order valence-corrected chi connectivity index (χ3v) is 6.06. The molecule has 0 saturated carbocycles. The second-order valence-corrected chi connectivity index (χ2v) is 10.3. The van der Waals surface area contributed by atoms with Crippen molar-refractivity contribution in [3.05, 3.63) is 53.6 Å². The highest BCUT2D eigenvalue weighted by molar-refractivity contribution is 7.90. The maximum atomic E-state index is 12.9. The number of nitrogens with zero attached hydrogens (tertiary/aromatic N) is 1. The summed E-state index contributed by atoms with van der Waals surface area (Å²) in [5, 5.41) is 0. The predicted octanol–water partition coefficient (Wildman–Crippen LogP) is 3.75. The van der Waals surface area contributed by atoms with Gasteiger partial charge in [0, 0.05) is 18.5 Å². The summed E-state index contributed by atoms with van der Waals surface area (Å²) in [5.41, 5.74) is 2.63. The van der Waals surface area contributed by atoms with Crippen LogP contribution in [0, 0.1) is 0 Å². The van der Waals surface area contributed by atoms with Crippen molar-refractivity contribution in [3.63, 3.8) is 0 Å². The number of benzene rings is 2. The molecule has 0 saturated heterocycles. The summed E-state index contributed by atoms with van der Waals surface area (Å²) in [6, 6.07) is 12.7. The summed E-state index contributed by atoms with van der Waals surface area (Å²) in [6.45, 7) is 6.88. The van der Waals surface area contributed by atoms with E-state index in [0.29, 0.717) is 12.3 Å². The van der Waals surface area contributed by atoms with Crippen molar-refractivity contribution in [2.45, 2.75) is 43.9 Å². The summed E-state index contributed by atoms with van der Waals surface area (Å²) in [4.78, 5) is 14.8. The van der Waals surface area contributed by atoms with E-state index in [2.05, 4.69) is 20.8 Å². The Labute approximate surface area is 167 Å². The number of hydrogen-bond donors (Lipinski definition) is 0. The van der Waals surface area contributed by atoms with Crippen molar-refractivity contribution >= 4 is 21.4 Å². The Kier molecular flexibility index (Phi) is 5.53. The lowest BCUT2D eigenvalue weighted by molar-refractivity contribution is -0.120. The third kappa shape index (κ3) is 4.38. The van der Waals surface area contributed by atoms with Gasteiger partial charge in [0.25, 0.3) is 5.91 Å². The van der Waals surface area contributed by atoms with Gasteiger partial charge >= 0.3 is 0 Å². The molecule has 0 radical (unpaired) electrons. The maximum Gasteiger partial charge on any atom is 0.264 e. The first-order chi connectivity index (χ1) is 13.1. The Morgan fingerprint density at radius 3 is 2.54 bits per heavy atom. The van der Waals surface area contributed by atoms with Crippen molar-refractivity contribution in [2.24, 2.45) is 0 Å². The number of hydrogen-bond acceptors (Lipinski definition) is 4. The molecule has 28 heavy (non-hydrogen) atoms. The largest absolute Gasteiger partial charge is 0.483 e. The normalized spacial score (nSPS) is 14.5. The molecule has 0 unspecified atom stereocenters. The zero-order valence-electron chi connectivity index (χ0n) is 16.9. The van der Waals surface area contributed by atoms with E-state index < -0.39 is 9.84 Å². The zero-order valence-corrected chi connectivity index (χ0v) is 17.7. The summed E-state index contributed by atoms with van der Waals surface area (Å²) in [7, 11) is -3.27. The number of para-hydroxylation sites is 1. The summed E-state index contributed by atoms with van der Waals surface area (Å²) < 4.78 is 29.5. The molecular formula is C22H27NO4S. The van der Waals surface area contributed by atoms with Gasteiger partial charge in [0.2, 0.25) is 0 Å². The van der Waals surface area contributed by atoms with E-state index in [1.807, 2.05) is 24.3 Å². The fourth-order valence-electron chi connectivity index (χ4n) is 3.49. The molecule has 2 aromatic rings. The SMILES string of the molecule is CC(C)(C)c1ccccc1OCC(=O)N1CCCc2cc(S(C)(=O)=O)ccc21. The van der Waals surface area contributed by atoms with Crippen LogP contribution in [0.1, 0.15) is 38.3 Å². The molecule has 1 amide bonds. The quantitative estimate of drug-likeness (QED) is 0.783. The maximum absolute atomic E-state index is 12.9. The lowest BCUT2D eigenvalue weighted by Crippen LogP contribution is -2.38. The van der Waals surface area contributed by atoms with Crippen molar-refractivity contribution in [2.75, 3.05) is 24.3 Å². The average Bonchev–Trinajstić information content (AvgIpc) is 2.64. The lowest BCUT2D eigenvalue weighted by atomic mass is 9.86. The molecule has 1 aliphatic rings. The Hall–Kier alpha value is -2.34. The minimum atomic E-state index is -3.27. The molecule has 1 heterocycles. The number of anilines is 1. The second kappa shape index (κ2) is 7.59. The zero-order chi connectivity index (χ0) is 20.5. The topological polar surface area (TPSA) is 63.7 Å². The fraction of sp³-hybridized carbons (Fsp3) is 0.409. The number of rotatable bonds is 4. The molecule has 1 aliphatic heterocycles. The summed E-state index contributed by atoms with van der Waals surface area (Å²) in [5.74, 6) is 0.588. The Balaban J connectivity index is 1.79. The van der Waals surface area contributed by atoms with Gasteiger partial charge in [-0.05, 0) is 53.6 Å². The van der Waals surface area contributed by atoms with Crippen molar-refractivity contribution in [1.82, 2.24) is 0 Å². The first kappa shape index (κ1) is 20.4. The van der Waals surface area contributed by atoms with Gasteiger partial charge in [0.1, 0.15) is 5.75 Å². The number of carbonyl (C=O) groups is 1. The third-order valence-electron chi connectivity index (χ3n) is 4.95. The van der Waals surface area contributed by atoms with Gasteiger partial charge in [-0.15, -0.1) is 0 Å². The van der Waals surface area contributed by atoms with Crippen molar-refractivity contribution in [3.8, 4) is 5.75 Å². The van der Waals surface area contributed by atoms with Crippen LogP contribution in [0.4, 0.5) is 5.69 Å². The monoisotopic (exact) mass is 401 g/mol. The molecule has 5 nitrogen and oxygen atoms in total. The molecule has 0 aromatic heterocycles. The molecule has 0 N–H and O–H groups in total. The number of amides is 1. The molecule has 6 heteroatoms. The molecular weight excluding hydrogens is 374 g/mol. The van der Waals surface area contributed by atoms with Crippen LogP contribution in [0.15, 0.2) is 47.4 Å². The van der Waals surface area contributed by atoms with E-state index in [1.54, 1.807) is 23.1 Å². The van der Waals surface area contributed by atoms with Crippen LogP contribution in [0.25, 0.3) is 0 Å². The number of ether oxygens (including phenoxy) is 1. The van der Waals surface area contributed by atoms with Crippen molar-refractivity contribution < 1.29 is 17.9 Å². The Morgan fingerprint density at radius 2 is 1.86 bits per heavy atom. The highest BCUT2D eigenvalue weighted by Crippen LogP contribution is 2.32. The summed E-state index contributed by atoms with van der Waals surface area (Å²) in [6.07, 6.45) is 2.75. The molecule has 150 valence electrons. The van der Waals surface area contributed by atoms with Crippen LogP contribution >= 0.6 is 0 Å². The molecule has 0 spiro atoms. The van der Waals surface area contributed by atoms with Gasteiger partial charge in [0.15, 0.2) is 16.4 Å². The van der Waals surface area contributed by atoms with Gasteiger partial charge in [-0.1, -0.05) is 39.0 Å². The lowest BCUT2D eigenvalue weighted by Gasteiger charge is -2.30. The van der Waals surface area contributed by atoms with E-state index in [0.717, 1.165) is 29.7 Å². The van der Waals surface area contributed by atoms with Gasteiger partial charge in [0.05, 0.1) is 4.90 Å². The van der Waals surface area contributed by atoms with Crippen LogP contribution < -0.4 is 9.64 Å². The highest BCUT2D eigenvalue weighted by Gasteiger charge is 2.25. The number of fused-ring (bicyclic) bond motifs is 1. The predicted molar refractivity (Wildman–Crippen MR) is 111 cm³/mol. The smallest absolute Gasteiger partial charge is 0.264 e. The van der Waals surface area contributed by atoms with Gasteiger partial charge in [-0.25, -0.2) is 8.42 Å².